The van der Waals surface area contributed by atoms with E-state index in [1.165, 1.54) is 20.0 Å². The maximum atomic E-state index is 11.0. The standard InChI is InChI=1S/C16H16N8O2/c1-9(25)19-11-3-5-13(17-7-11)15-21-23-16(24-22-15)14-6-4-12(8-18-14)20-10(2)26/h3-8,13,17H,1-2H3,(H,19,25)(H,20,26). The highest BCUT2D eigenvalue weighted by atomic mass is 16.2. The predicted octanol–water partition coefficient (Wildman–Crippen LogP) is 0.465. The monoisotopic (exact) mass is 352 g/mol. The summed E-state index contributed by atoms with van der Waals surface area (Å²) < 4.78 is 0. The van der Waals surface area contributed by atoms with Gasteiger partial charge in [-0.05, 0) is 18.2 Å². The SMILES string of the molecule is CC(=O)NC1=CNC(c2nnc(-c3ccc(NC(C)=O)cn3)nn2)C=C1. The number of nitrogens with one attached hydrogen (secondary N) is 3. The van der Waals surface area contributed by atoms with E-state index in [1.807, 2.05) is 0 Å². The van der Waals surface area contributed by atoms with Crippen molar-refractivity contribution in [3.8, 4) is 11.5 Å². The Morgan fingerprint density at radius 1 is 1.04 bits per heavy atom. The molecule has 2 amide bonds. The summed E-state index contributed by atoms with van der Waals surface area (Å²) in [6.45, 7) is 2.86. The van der Waals surface area contributed by atoms with E-state index in [9.17, 15) is 9.59 Å². The highest BCUT2D eigenvalue weighted by Gasteiger charge is 2.16. The van der Waals surface area contributed by atoms with Gasteiger partial charge in [-0.3, -0.25) is 14.6 Å². The molecular weight excluding hydrogens is 336 g/mol. The topological polar surface area (TPSA) is 135 Å². The molecule has 2 aromatic rings. The van der Waals surface area contributed by atoms with E-state index in [0.29, 0.717) is 22.9 Å². The third-order valence-electron chi connectivity index (χ3n) is 3.29. The average molecular weight is 352 g/mol. The molecule has 0 saturated heterocycles. The Hall–Kier alpha value is -3.69. The summed E-state index contributed by atoms with van der Waals surface area (Å²) in [5, 5.41) is 24.6. The summed E-state index contributed by atoms with van der Waals surface area (Å²) in [5.74, 6) is 0.338. The van der Waals surface area contributed by atoms with E-state index in [4.69, 9.17) is 0 Å². The summed E-state index contributed by atoms with van der Waals surface area (Å²) >= 11 is 0. The molecule has 0 bridgehead atoms. The number of pyridine rings is 1. The second-order valence-corrected chi connectivity index (χ2v) is 5.48. The van der Waals surface area contributed by atoms with Crippen molar-refractivity contribution >= 4 is 17.5 Å². The zero-order chi connectivity index (χ0) is 18.5. The zero-order valence-electron chi connectivity index (χ0n) is 14.1. The molecule has 1 atom stereocenters. The van der Waals surface area contributed by atoms with Crippen molar-refractivity contribution in [1.29, 1.82) is 0 Å². The van der Waals surface area contributed by atoms with Gasteiger partial charge < -0.3 is 16.0 Å². The van der Waals surface area contributed by atoms with Crippen molar-refractivity contribution in [2.45, 2.75) is 19.9 Å². The average Bonchev–Trinajstić information content (AvgIpc) is 2.62. The van der Waals surface area contributed by atoms with Crippen molar-refractivity contribution in [3.05, 3.63) is 48.2 Å². The summed E-state index contributed by atoms with van der Waals surface area (Å²) in [4.78, 5) is 26.2. The van der Waals surface area contributed by atoms with Gasteiger partial charge in [-0.1, -0.05) is 6.08 Å². The fraction of sp³-hybridized carbons (Fsp3) is 0.188. The fourth-order valence-corrected chi connectivity index (χ4v) is 2.19. The molecule has 10 nitrogen and oxygen atoms in total. The number of hydrogen-bond donors (Lipinski definition) is 3. The Morgan fingerprint density at radius 2 is 1.77 bits per heavy atom. The number of rotatable bonds is 4. The first-order chi connectivity index (χ1) is 12.5. The van der Waals surface area contributed by atoms with Crippen molar-refractivity contribution in [2.75, 3.05) is 5.32 Å². The van der Waals surface area contributed by atoms with E-state index in [-0.39, 0.29) is 23.7 Å². The number of anilines is 1. The summed E-state index contributed by atoms with van der Waals surface area (Å²) in [6.07, 6.45) is 6.71. The Morgan fingerprint density at radius 3 is 2.31 bits per heavy atom. The molecule has 10 heteroatoms. The highest BCUT2D eigenvalue weighted by Crippen LogP contribution is 2.16. The van der Waals surface area contributed by atoms with Gasteiger partial charge in [-0.25, -0.2) is 0 Å². The molecule has 132 valence electrons. The van der Waals surface area contributed by atoms with Crippen molar-refractivity contribution in [2.24, 2.45) is 0 Å². The molecule has 0 saturated carbocycles. The van der Waals surface area contributed by atoms with Gasteiger partial charge in [0.2, 0.25) is 17.6 Å². The maximum Gasteiger partial charge on any atom is 0.221 e. The molecule has 1 unspecified atom stereocenters. The second-order valence-electron chi connectivity index (χ2n) is 5.48. The molecule has 0 aliphatic carbocycles. The lowest BCUT2D eigenvalue weighted by molar-refractivity contribution is -0.118. The molecular formula is C16H16N8O2. The number of aromatic nitrogens is 5. The quantitative estimate of drug-likeness (QED) is 0.722. The Labute approximate surface area is 148 Å². The maximum absolute atomic E-state index is 11.0. The first-order valence-electron chi connectivity index (χ1n) is 7.74. The molecule has 1 aliphatic heterocycles. The van der Waals surface area contributed by atoms with Crippen LogP contribution in [0.2, 0.25) is 0 Å². The molecule has 0 aromatic carbocycles. The van der Waals surface area contributed by atoms with Crippen LogP contribution in [-0.2, 0) is 9.59 Å². The van der Waals surface area contributed by atoms with Crippen molar-refractivity contribution in [3.63, 3.8) is 0 Å². The molecule has 3 N–H and O–H groups in total. The van der Waals surface area contributed by atoms with Gasteiger partial charge in [0.1, 0.15) is 11.7 Å². The molecule has 2 aromatic heterocycles. The third-order valence-corrected chi connectivity index (χ3v) is 3.29. The minimum Gasteiger partial charge on any atom is -0.376 e. The van der Waals surface area contributed by atoms with Crippen LogP contribution in [0.5, 0.6) is 0 Å². The first kappa shape index (κ1) is 17.1. The summed E-state index contributed by atoms with van der Waals surface area (Å²) in [7, 11) is 0. The number of nitrogens with zero attached hydrogens (tertiary/aromatic N) is 5. The van der Waals surface area contributed by atoms with Crippen LogP contribution in [0.1, 0.15) is 25.7 Å². The van der Waals surface area contributed by atoms with Gasteiger partial charge in [0.25, 0.3) is 0 Å². The van der Waals surface area contributed by atoms with Crippen LogP contribution in [0.15, 0.2) is 42.4 Å². The van der Waals surface area contributed by atoms with Gasteiger partial charge in [0.05, 0.1) is 17.6 Å². The van der Waals surface area contributed by atoms with Crippen LogP contribution in [0.4, 0.5) is 5.69 Å². The number of amides is 2. The fourth-order valence-electron chi connectivity index (χ4n) is 2.19. The number of dihydropyridines is 1. The third kappa shape index (κ3) is 4.23. The molecule has 0 fully saturated rings. The lowest BCUT2D eigenvalue weighted by Crippen LogP contribution is -2.26. The van der Waals surface area contributed by atoms with Crippen molar-refractivity contribution in [1.82, 2.24) is 36.0 Å². The van der Waals surface area contributed by atoms with Crippen LogP contribution in [-0.4, -0.2) is 37.2 Å². The normalized spacial score (nSPS) is 15.6. The predicted molar refractivity (Wildman–Crippen MR) is 92.1 cm³/mol. The minimum atomic E-state index is -0.295. The molecule has 0 spiro atoms. The smallest absolute Gasteiger partial charge is 0.221 e. The number of carbonyl (C=O) groups excluding carboxylic acids is 2. The van der Waals surface area contributed by atoms with Gasteiger partial charge in [0, 0.05) is 20.0 Å². The second kappa shape index (κ2) is 7.47. The van der Waals surface area contributed by atoms with Crippen molar-refractivity contribution < 1.29 is 9.59 Å². The number of allylic oxidation sites excluding steroid dienone is 1. The highest BCUT2D eigenvalue weighted by molar-refractivity contribution is 5.88. The number of carbonyl (C=O) groups is 2. The first-order valence-corrected chi connectivity index (χ1v) is 7.74. The summed E-state index contributed by atoms with van der Waals surface area (Å²) in [6, 6.07) is 3.07. The zero-order valence-corrected chi connectivity index (χ0v) is 14.1. The minimum absolute atomic E-state index is 0.151. The molecule has 26 heavy (non-hydrogen) atoms. The number of hydrogen-bond acceptors (Lipinski definition) is 8. The van der Waals surface area contributed by atoms with E-state index < -0.39 is 0 Å². The van der Waals surface area contributed by atoms with Gasteiger partial charge in [-0.15, -0.1) is 20.4 Å². The van der Waals surface area contributed by atoms with E-state index in [1.54, 1.807) is 30.5 Å². The molecule has 0 radical (unpaired) electrons. The van der Waals surface area contributed by atoms with Crippen LogP contribution in [0, 0.1) is 0 Å². The van der Waals surface area contributed by atoms with Crippen LogP contribution in [0.3, 0.4) is 0 Å². The Balaban J connectivity index is 1.68. The van der Waals surface area contributed by atoms with Crippen LogP contribution < -0.4 is 16.0 Å². The van der Waals surface area contributed by atoms with Gasteiger partial charge >= 0.3 is 0 Å². The van der Waals surface area contributed by atoms with Crippen LogP contribution >= 0.6 is 0 Å². The Kier molecular flexibility index (Phi) is 4.92. The lowest BCUT2D eigenvalue weighted by Gasteiger charge is -2.16. The molecule has 3 rings (SSSR count). The van der Waals surface area contributed by atoms with E-state index in [2.05, 4.69) is 41.3 Å². The van der Waals surface area contributed by atoms with Gasteiger partial charge in [0.15, 0.2) is 5.82 Å². The molecule has 1 aliphatic rings. The Bertz CT molecular complexity index is 874. The lowest BCUT2D eigenvalue weighted by atomic mass is 10.2. The largest absolute Gasteiger partial charge is 0.376 e. The van der Waals surface area contributed by atoms with Crippen LogP contribution in [0.25, 0.3) is 11.5 Å². The van der Waals surface area contributed by atoms with E-state index >= 15 is 0 Å². The summed E-state index contributed by atoms with van der Waals surface area (Å²) in [5.41, 5.74) is 1.72. The van der Waals surface area contributed by atoms with Gasteiger partial charge in [-0.2, -0.15) is 0 Å². The molecule has 3 heterocycles. The van der Waals surface area contributed by atoms with E-state index in [0.717, 1.165) is 0 Å².